The van der Waals surface area contributed by atoms with Gasteiger partial charge in [-0.2, -0.15) is 0 Å². The van der Waals surface area contributed by atoms with Crippen molar-refractivity contribution in [3.63, 3.8) is 0 Å². The molecule has 444 valence electrons. The molecule has 0 unspecified atom stereocenters. The molecule has 2 heterocycles. The number of benzene rings is 15. The number of fused-ring (bicyclic) bond motifs is 6. The third kappa shape index (κ3) is 11.4. The van der Waals surface area contributed by atoms with Gasteiger partial charge in [0.1, 0.15) is 22.3 Å². The molecule has 0 spiro atoms. The molecule has 2 aromatic heterocycles. The molecule has 15 aromatic carbocycles. The summed E-state index contributed by atoms with van der Waals surface area (Å²) >= 11 is 0. The molecule has 4 heteroatoms. The number of hydrogen-bond donors (Lipinski definition) is 0. The molecule has 0 N–H and O–H groups in total. The molecule has 0 amide bonds. The minimum Gasteiger partial charge on any atom is -0.455 e. The van der Waals surface area contributed by atoms with E-state index in [0.717, 1.165) is 111 Å². The van der Waals surface area contributed by atoms with Crippen LogP contribution in [0.2, 0.25) is 0 Å². The molecule has 94 heavy (non-hydrogen) atoms. The Hall–Kier alpha value is -12.5. The van der Waals surface area contributed by atoms with Crippen LogP contribution in [-0.4, -0.2) is 0 Å². The summed E-state index contributed by atoms with van der Waals surface area (Å²) < 4.78 is 13.1. The number of hydrogen-bond acceptors (Lipinski definition) is 4. The van der Waals surface area contributed by atoms with E-state index in [-0.39, 0.29) is 0 Å². The molecule has 17 rings (SSSR count). The summed E-state index contributed by atoms with van der Waals surface area (Å²) in [5, 5.41) is 4.49. The van der Waals surface area contributed by atoms with Crippen molar-refractivity contribution in [2.24, 2.45) is 0 Å². The highest BCUT2D eigenvalue weighted by atomic mass is 16.3. The van der Waals surface area contributed by atoms with Crippen molar-refractivity contribution in [1.29, 1.82) is 0 Å². The number of rotatable bonds is 13. The first-order valence-corrected chi connectivity index (χ1v) is 31.9. The van der Waals surface area contributed by atoms with Crippen molar-refractivity contribution in [3.8, 4) is 77.9 Å². The molecule has 0 radical (unpaired) electrons. The van der Waals surface area contributed by atoms with Gasteiger partial charge >= 0.3 is 0 Å². The zero-order valence-electron chi connectivity index (χ0n) is 51.5. The second-order valence-electron chi connectivity index (χ2n) is 23.6. The van der Waals surface area contributed by atoms with E-state index < -0.39 is 0 Å². The number of furan rings is 2. The Morgan fingerprint density at radius 2 is 0.383 bits per heavy atom. The maximum absolute atomic E-state index is 6.56. The molecule has 17 aromatic rings. The van der Waals surface area contributed by atoms with E-state index in [1.54, 1.807) is 0 Å². The highest BCUT2D eigenvalue weighted by Crippen LogP contribution is 2.45. The third-order valence-corrected chi connectivity index (χ3v) is 17.8. The molecule has 0 saturated heterocycles. The molecule has 0 atom stereocenters. The quantitative estimate of drug-likeness (QED) is 0.115. The Morgan fingerprint density at radius 1 is 0.160 bits per heavy atom. The van der Waals surface area contributed by atoms with Gasteiger partial charge in [0.05, 0.1) is 0 Å². The fourth-order valence-corrected chi connectivity index (χ4v) is 13.0. The van der Waals surface area contributed by atoms with E-state index in [4.69, 9.17) is 8.83 Å². The monoisotopic (exact) mass is 1200 g/mol. The van der Waals surface area contributed by atoms with Crippen molar-refractivity contribution < 1.29 is 8.83 Å². The smallest absolute Gasteiger partial charge is 0.143 e. The normalized spacial score (nSPS) is 11.2. The first kappa shape index (κ1) is 56.7. The predicted molar refractivity (Wildman–Crippen MR) is 395 cm³/mol. The molecule has 0 aliphatic rings. The predicted octanol–water partition coefficient (Wildman–Crippen LogP) is 25.8. The maximum Gasteiger partial charge on any atom is 0.143 e. The molecular weight excluding hydrogens is 1140 g/mol. The standard InChI is InChI=1S/C48H33NO.C42H29NO/c1-4-12-34(13-5-1)36-20-22-38(23-21-36)40-32-45(48-46(33-40)44-18-10-11-19-47(44)50-48)39-26-30-43(31-27-39)49(41-16-8-3-9-17-41)42-28-24-37(25-29-42)35-14-6-2-7-15-35;1-4-12-30(13-5-1)31-20-22-32(23-21-31)34-28-39(42-40(29-34)38-18-10-11-19-41(38)44-42)33-24-26-37(27-25-33)43(35-14-6-2-7-15-35)36-16-8-3-9-17-36/h1-33H;1-29H. The summed E-state index contributed by atoms with van der Waals surface area (Å²) in [6.45, 7) is 0. The topological polar surface area (TPSA) is 32.8 Å². The second-order valence-corrected chi connectivity index (χ2v) is 23.6. The molecule has 0 aliphatic carbocycles. The highest BCUT2D eigenvalue weighted by Gasteiger charge is 2.20. The van der Waals surface area contributed by atoms with Crippen LogP contribution in [-0.2, 0) is 0 Å². The van der Waals surface area contributed by atoms with Gasteiger partial charge in [0.15, 0.2) is 0 Å². The van der Waals surface area contributed by atoms with E-state index in [1.165, 1.54) is 44.5 Å². The molecule has 0 aliphatic heterocycles. The van der Waals surface area contributed by atoms with E-state index in [2.05, 4.69) is 368 Å². The Bertz CT molecular complexity index is 5370. The summed E-state index contributed by atoms with van der Waals surface area (Å²) in [5.41, 5.74) is 26.5. The summed E-state index contributed by atoms with van der Waals surface area (Å²) in [7, 11) is 0. The minimum atomic E-state index is 0.895. The zero-order valence-corrected chi connectivity index (χ0v) is 51.5. The Labute approximate surface area is 547 Å². The van der Waals surface area contributed by atoms with Gasteiger partial charge in [0.25, 0.3) is 0 Å². The fraction of sp³-hybridized carbons (Fsp3) is 0. The molecular formula is C90H62N2O2. The summed E-state index contributed by atoms with van der Waals surface area (Å²) in [6.07, 6.45) is 0. The van der Waals surface area contributed by atoms with Gasteiger partial charge in [-0.1, -0.05) is 267 Å². The van der Waals surface area contributed by atoms with Gasteiger partial charge in [-0.25, -0.2) is 0 Å². The van der Waals surface area contributed by atoms with Gasteiger partial charge < -0.3 is 18.6 Å². The van der Waals surface area contributed by atoms with Crippen LogP contribution < -0.4 is 9.80 Å². The van der Waals surface area contributed by atoms with Gasteiger partial charge in [0.2, 0.25) is 0 Å². The van der Waals surface area contributed by atoms with Crippen molar-refractivity contribution in [2.75, 3.05) is 9.80 Å². The van der Waals surface area contributed by atoms with Crippen LogP contribution in [0, 0.1) is 0 Å². The molecule has 0 saturated carbocycles. The van der Waals surface area contributed by atoms with Crippen molar-refractivity contribution in [1.82, 2.24) is 0 Å². The van der Waals surface area contributed by atoms with Crippen LogP contribution >= 0.6 is 0 Å². The third-order valence-electron chi connectivity index (χ3n) is 17.8. The van der Waals surface area contributed by atoms with E-state index in [9.17, 15) is 0 Å². The lowest BCUT2D eigenvalue weighted by Crippen LogP contribution is -2.09. The van der Waals surface area contributed by atoms with Gasteiger partial charge in [-0.3, -0.25) is 0 Å². The first-order chi connectivity index (χ1) is 46.6. The van der Waals surface area contributed by atoms with Crippen LogP contribution in [0.1, 0.15) is 0 Å². The molecule has 4 nitrogen and oxygen atoms in total. The minimum absolute atomic E-state index is 0.895. The SMILES string of the molecule is c1ccc(-c2ccc(-c3cc(-c4ccc(N(c5ccccc5)c5ccc(-c6ccccc6)cc5)cc4)c4oc5ccccc5c4c3)cc2)cc1.c1ccc(-c2ccc(-c3cc(-c4ccc(N(c5ccccc5)c5ccccc5)cc4)c4oc5ccccc5c4c3)cc2)cc1. The van der Waals surface area contributed by atoms with Crippen LogP contribution in [0.4, 0.5) is 34.1 Å². The van der Waals surface area contributed by atoms with Crippen molar-refractivity contribution in [2.45, 2.75) is 0 Å². The molecule has 0 bridgehead atoms. The van der Waals surface area contributed by atoms with E-state index in [0.29, 0.717) is 0 Å². The maximum atomic E-state index is 6.56. The largest absolute Gasteiger partial charge is 0.455 e. The van der Waals surface area contributed by atoms with Crippen LogP contribution in [0.25, 0.3) is 122 Å². The average molecular weight is 1200 g/mol. The lowest BCUT2D eigenvalue weighted by molar-refractivity contribution is 0.669. The van der Waals surface area contributed by atoms with Crippen molar-refractivity contribution >= 4 is 78.0 Å². The summed E-state index contributed by atoms with van der Waals surface area (Å²) in [5.74, 6) is 0. The lowest BCUT2D eigenvalue weighted by atomic mass is 9.94. The summed E-state index contributed by atoms with van der Waals surface area (Å²) in [6, 6.07) is 133. The number of para-hydroxylation sites is 5. The average Bonchev–Trinajstić information content (AvgIpc) is 1.58. The van der Waals surface area contributed by atoms with Crippen LogP contribution in [0.3, 0.4) is 0 Å². The van der Waals surface area contributed by atoms with Crippen LogP contribution in [0.15, 0.2) is 385 Å². The van der Waals surface area contributed by atoms with Gasteiger partial charge in [0, 0.05) is 66.8 Å². The Morgan fingerprint density at radius 3 is 0.691 bits per heavy atom. The van der Waals surface area contributed by atoms with Gasteiger partial charge in [-0.15, -0.1) is 0 Å². The Kier molecular flexibility index (Phi) is 15.3. The Balaban J connectivity index is 0.000000150. The highest BCUT2D eigenvalue weighted by molar-refractivity contribution is 6.13. The van der Waals surface area contributed by atoms with E-state index >= 15 is 0 Å². The molecule has 0 fully saturated rings. The lowest BCUT2D eigenvalue weighted by Gasteiger charge is -2.26. The summed E-state index contributed by atoms with van der Waals surface area (Å²) in [4.78, 5) is 4.59. The van der Waals surface area contributed by atoms with Gasteiger partial charge in [-0.05, 0) is 176 Å². The van der Waals surface area contributed by atoms with E-state index in [1.807, 2.05) is 18.2 Å². The zero-order chi connectivity index (χ0) is 62.6. The number of anilines is 6. The first-order valence-electron chi connectivity index (χ1n) is 31.9. The number of nitrogens with zero attached hydrogens (tertiary/aromatic N) is 2. The van der Waals surface area contributed by atoms with Crippen molar-refractivity contribution in [3.05, 3.63) is 376 Å². The second kappa shape index (κ2) is 25.4. The fourth-order valence-electron chi connectivity index (χ4n) is 13.0. The van der Waals surface area contributed by atoms with Crippen LogP contribution in [0.5, 0.6) is 0 Å².